The summed E-state index contributed by atoms with van der Waals surface area (Å²) >= 11 is 0. The van der Waals surface area contributed by atoms with Crippen LogP contribution in [0.15, 0.2) is 24.3 Å². The van der Waals surface area contributed by atoms with E-state index < -0.39 is 24.6 Å². The number of carbonyl (C=O) groups excluding carboxylic acids is 2. The average molecular weight is 304 g/mol. The van der Waals surface area contributed by atoms with Gasteiger partial charge in [0.1, 0.15) is 6.54 Å². The summed E-state index contributed by atoms with van der Waals surface area (Å²) in [5.41, 5.74) is 0.623. The molecule has 1 aromatic rings. The van der Waals surface area contributed by atoms with E-state index in [4.69, 9.17) is 0 Å². The second kappa shape index (κ2) is 6.96. The fourth-order valence-electron chi connectivity index (χ4n) is 1.64. The number of hydrogen-bond acceptors (Lipinski definition) is 4. The van der Waals surface area contributed by atoms with Gasteiger partial charge in [0.25, 0.3) is 0 Å². The number of halogens is 3. The monoisotopic (exact) mass is 304 g/mol. The van der Waals surface area contributed by atoms with Crippen LogP contribution in [0.1, 0.15) is 10.4 Å². The van der Waals surface area contributed by atoms with Crippen LogP contribution in [0.5, 0.6) is 0 Å². The van der Waals surface area contributed by atoms with Gasteiger partial charge in [-0.05, 0) is 12.1 Å². The standard InChI is InChI=1S/C13H15F3N2O3/c1-18(7-11(19)17-8-13(14,15)16)10-6-4-3-5-9(10)12(20)21-2/h3-6H,7-8H2,1-2H3,(H,17,19). The third-order valence-electron chi connectivity index (χ3n) is 2.59. The second-order valence-corrected chi connectivity index (χ2v) is 4.26. The zero-order valence-electron chi connectivity index (χ0n) is 11.5. The maximum absolute atomic E-state index is 12.0. The molecule has 8 heteroatoms. The Hall–Kier alpha value is -2.25. The van der Waals surface area contributed by atoms with Crippen molar-refractivity contribution in [2.24, 2.45) is 0 Å². The van der Waals surface area contributed by atoms with Gasteiger partial charge in [0.05, 0.1) is 24.9 Å². The summed E-state index contributed by atoms with van der Waals surface area (Å²) in [6.07, 6.45) is -4.46. The summed E-state index contributed by atoms with van der Waals surface area (Å²) in [6.45, 7) is -1.71. The number of anilines is 1. The number of carbonyl (C=O) groups is 2. The molecule has 0 saturated heterocycles. The van der Waals surface area contributed by atoms with E-state index in [-0.39, 0.29) is 12.1 Å². The Kier molecular flexibility index (Phi) is 5.57. The van der Waals surface area contributed by atoms with Gasteiger partial charge in [0.15, 0.2) is 0 Å². The highest BCUT2D eigenvalue weighted by atomic mass is 19.4. The Balaban J connectivity index is 2.74. The van der Waals surface area contributed by atoms with Crippen LogP contribution in [-0.4, -0.2) is 45.3 Å². The van der Waals surface area contributed by atoms with Crippen molar-refractivity contribution < 1.29 is 27.5 Å². The van der Waals surface area contributed by atoms with Crippen LogP contribution >= 0.6 is 0 Å². The van der Waals surface area contributed by atoms with Crippen molar-refractivity contribution in [3.05, 3.63) is 29.8 Å². The van der Waals surface area contributed by atoms with Crippen LogP contribution in [-0.2, 0) is 9.53 Å². The number of esters is 1. The highest BCUT2D eigenvalue weighted by Gasteiger charge is 2.28. The first-order valence-corrected chi connectivity index (χ1v) is 5.96. The molecule has 0 heterocycles. The number of nitrogens with zero attached hydrogens (tertiary/aromatic N) is 1. The van der Waals surface area contributed by atoms with E-state index >= 15 is 0 Å². The quantitative estimate of drug-likeness (QED) is 0.839. The largest absolute Gasteiger partial charge is 0.465 e. The molecule has 1 amide bonds. The lowest BCUT2D eigenvalue weighted by Gasteiger charge is -2.21. The molecule has 1 N–H and O–H groups in total. The number of ether oxygens (including phenoxy) is 1. The predicted octanol–water partition coefficient (Wildman–Crippen LogP) is 1.59. The lowest BCUT2D eigenvalue weighted by Crippen LogP contribution is -2.40. The van der Waals surface area contributed by atoms with Crippen LogP contribution in [0.25, 0.3) is 0 Å². The Morgan fingerprint density at radius 3 is 2.48 bits per heavy atom. The molecule has 0 spiro atoms. The number of amides is 1. The van der Waals surface area contributed by atoms with Crippen LogP contribution in [0.3, 0.4) is 0 Å². The maximum Gasteiger partial charge on any atom is 0.405 e. The number of para-hydroxylation sites is 1. The van der Waals surface area contributed by atoms with Gasteiger partial charge in [-0.2, -0.15) is 13.2 Å². The molecular formula is C13H15F3N2O3. The van der Waals surface area contributed by atoms with E-state index in [0.717, 1.165) is 0 Å². The smallest absolute Gasteiger partial charge is 0.405 e. The SMILES string of the molecule is COC(=O)c1ccccc1N(C)CC(=O)NCC(F)(F)F. The van der Waals surface area contributed by atoms with Crippen molar-refractivity contribution >= 4 is 17.6 Å². The molecule has 0 aliphatic heterocycles. The first kappa shape index (κ1) is 16.8. The van der Waals surface area contributed by atoms with E-state index in [9.17, 15) is 22.8 Å². The summed E-state index contributed by atoms with van der Waals surface area (Å²) in [5, 5.41) is 1.76. The third-order valence-corrected chi connectivity index (χ3v) is 2.59. The molecule has 0 aliphatic rings. The number of benzene rings is 1. The topological polar surface area (TPSA) is 58.6 Å². The number of methoxy groups -OCH3 is 1. The molecule has 1 aromatic carbocycles. The van der Waals surface area contributed by atoms with Crippen LogP contribution in [0.4, 0.5) is 18.9 Å². The summed E-state index contributed by atoms with van der Waals surface area (Å²) in [6, 6.07) is 6.34. The lowest BCUT2D eigenvalue weighted by atomic mass is 10.1. The first-order valence-electron chi connectivity index (χ1n) is 5.96. The molecule has 0 saturated carbocycles. The molecule has 0 fully saturated rings. The van der Waals surface area contributed by atoms with Crippen molar-refractivity contribution in [3.63, 3.8) is 0 Å². The highest BCUT2D eigenvalue weighted by Crippen LogP contribution is 2.19. The Bertz CT molecular complexity index is 518. The molecule has 0 radical (unpaired) electrons. The molecule has 0 unspecified atom stereocenters. The minimum atomic E-state index is -4.46. The van der Waals surface area contributed by atoms with Gasteiger partial charge in [0, 0.05) is 7.05 Å². The molecule has 0 aromatic heterocycles. The first-order chi connectivity index (χ1) is 9.74. The van der Waals surface area contributed by atoms with E-state index in [1.165, 1.54) is 25.1 Å². The van der Waals surface area contributed by atoms with E-state index in [2.05, 4.69) is 4.74 Å². The summed E-state index contributed by atoms with van der Waals surface area (Å²) in [5.74, 6) is -1.39. The number of rotatable bonds is 5. The van der Waals surface area contributed by atoms with Gasteiger partial charge in [0.2, 0.25) is 5.91 Å². The molecule has 5 nitrogen and oxygen atoms in total. The minimum Gasteiger partial charge on any atom is -0.465 e. The summed E-state index contributed by atoms with van der Waals surface area (Å²) in [7, 11) is 2.71. The molecule has 21 heavy (non-hydrogen) atoms. The van der Waals surface area contributed by atoms with Gasteiger partial charge in [-0.15, -0.1) is 0 Å². The fourth-order valence-corrected chi connectivity index (χ4v) is 1.64. The number of nitrogens with one attached hydrogen (secondary N) is 1. The fraction of sp³-hybridized carbons (Fsp3) is 0.385. The maximum atomic E-state index is 12.0. The number of alkyl halides is 3. The Morgan fingerprint density at radius 1 is 1.29 bits per heavy atom. The highest BCUT2D eigenvalue weighted by molar-refractivity contribution is 5.96. The summed E-state index contributed by atoms with van der Waals surface area (Å²) < 4.78 is 40.6. The van der Waals surface area contributed by atoms with Crippen LogP contribution in [0, 0.1) is 0 Å². The average Bonchev–Trinajstić information content (AvgIpc) is 2.43. The van der Waals surface area contributed by atoms with Gasteiger partial charge in [-0.25, -0.2) is 4.79 Å². The van der Waals surface area contributed by atoms with Crippen LogP contribution < -0.4 is 10.2 Å². The van der Waals surface area contributed by atoms with Gasteiger partial charge in [-0.1, -0.05) is 12.1 Å². The molecule has 1 rings (SSSR count). The van der Waals surface area contributed by atoms with Crippen molar-refractivity contribution in [2.45, 2.75) is 6.18 Å². The molecule has 0 aliphatic carbocycles. The van der Waals surface area contributed by atoms with E-state index in [1.54, 1.807) is 23.5 Å². The molecular weight excluding hydrogens is 289 g/mol. The Labute approximate surface area is 119 Å². The van der Waals surface area contributed by atoms with E-state index in [0.29, 0.717) is 5.69 Å². The molecule has 0 bridgehead atoms. The lowest BCUT2D eigenvalue weighted by molar-refractivity contribution is -0.137. The van der Waals surface area contributed by atoms with Crippen molar-refractivity contribution in [1.29, 1.82) is 0 Å². The van der Waals surface area contributed by atoms with Gasteiger partial charge < -0.3 is 15.0 Å². The number of likely N-dealkylation sites (N-methyl/N-ethyl adjacent to an activating group) is 1. The van der Waals surface area contributed by atoms with Crippen molar-refractivity contribution in [3.8, 4) is 0 Å². The van der Waals surface area contributed by atoms with Gasteiger partial charge >= 0.3 is 12.1 Å². The van der Waals surface area contributed by atoms with E-state index in [1.807, 2.05) is 0 Å². The minimum absolute atomic E-state index is 0.228. The van der Waals surface area contributed by atoms with Gasteiger partial charge in [-0.3, -0.25) is 4.79 Å². The second-order valence-electron chi connectivity index (χ2n) is 4.26. The zero-order valence-corrected chi connectivity index (χ0v) is 11.5. The van der Waals surface area contributed by atoms with Crippen molar-refractivity contribution in [1.82, 2.24) is 5.32 Å². The van der Waals surface area contributed by atoms with Crippen molar-refractivity contribution in [2.75, 3.05) is 32.1 Å². The summed E-state index contributed by atoms with van der Waals surface area (Å²) in [4.78, 5) is 24.4. The normalized spacial score (nSPS) is 10.9. The molecule has 116 valence electrons. The zero-order chi connectivity index (χ0) is 16.0. The Morgan fingerprint density at radius 2 is 1.90 bits per heavy atom. The number of hydrogen-bond donors (Lipinski definition) is 1. The third kappa shape index (κ3) is 5.33. The predicted molar refractivity (Wildman–Crippen MR) is 70.1 cm³/mol. The molecule has 0 atom stereocenters. The van der Waals surface area contributed by atoms with Crippen LogP contribution in [0.2, 0.25) is 0 Å².